The number of carbonyl (C=O) groups is 2. The van der Waals surface area contributed by atoms with Gasteiger partial charge in [-0.1, -0.05) is 42.1 Å². The lowest BCUT2D eigenvalue weighted by Gasteiger charge is -2.43. The number of carbonyl (C=O) groups excluding carboxylic acids is 1. The average molecular weight is 433 g/mol. The number of thioether (sulfide) groups is 1. The maximum atomic E-state index is 13.1. The molecule has 0 saturated carbocycles. The van der Waals surface area contributed by atoms with Crippen molar-refractivity contribution in [1.29, 1.82) is 0 Å². The molecule has 9 heteroatoms. The van der Waals surface area contributed by atoms with Gasteiger partial charge in [0.05, 0.1) is 29.1 Å². The first-order valence-corrected chi connectivity index (χ1v) is 11.1. The molecule has 1 aromatic carbocycles. The molecular formula is C20H20N2O5S2. The summed E-state index contributed by atoms with van der Waals surface area (Å²) in [4.78, 5) is 26.6. The molecule has 0 aliphatic carbocycles. The Labute approximate surface area is 174 Å². The van der Waals surface area contributed by atoms with Gasteiger partial charge in [0.25, 0.3) is 0 Å². The van der Waals surface area contributed by atoms with Gasteiger partial charge in [0.15, 0.2) is 11.0 Å². The van der Waals surface area contributed by atoms with Crippen molar-refractivity contribution >= 4 is 40.3 Å². The van der Waals surface area contributed by atoms with Gasteiger partial charge in [-0.2, -0.15) is 0 Å². The van der Waals surface area contributed by atoms with Crippen LogP contribution >= 0.6 is 11.8 Å². The fourth-order valence-electron chi connectivity index (χ4n) is 3.76. The lowest BCUT2D eigenvalue weighted by atomic mass is 9.92. The van der Waals surface area contributed by atoms with Crippen LogP contribution in [0.3, 0.4) is 0 Å². The van der Waals surface area contributed by atoms with Crippen LogP contribution in [0.25, 0.3) is 0 Å². The van der Waals surface area contributed by atoms with E-state index >= 15 is 0 Å². The van der Waals surface area contributed by atoms with Crippen LogP contribution in [0.15, 0.2) is 58.0 Å². The van der Waals surface area contributed by atoms with E-state index in [1.807, 2.05) is 43.3 Å². The summed E-state index contributed by atoms with van der Waals surface area (Å²) in [5.74, 6) is -2.22. The molecule has 1 aromatic rings. The van der Waals surface area contributed by atoms with Gasteiger partial charge in [0.1, 0.15) is 11.1 Å². The second-order valence-corrected chi connectivity index (χ2v) is 9.61. The molecule has 2 N–H and O–H groups in total. The number of nitrogens with zero attached hydrogens (tertiary/aromatic N) is 2. The summed E-state index contributed by atoms with van der Waals surface area (Å²) in [6.45, 7) is 3.52. The monoisotopic (exact) mass is 432 g/mol. The Morgan fingerprint density at radius 1 is 1.24 bits per heavy atom. The van der Waals surface area contributed by atoms with E-state index in [1.165, 1.54) is 23.6 Å². The summed E-state index contributed by atoms with van der Waals surface area (Å²) in [5.41, 5.74) is 1.53. The molecule has 1 saturated heterocycles. The number of aliphatic carboxylic acids is 1. The Kier molecular flexibility index (Phi) is 5.14. The van der Waals surface area contributed by atoms with Crippen LogP contribution < -0.4 is 4.31 Å². The van der Waals surface area contributed by atoms with Crippen molar-refractivity contribution in [3.05, 3.63) is 58.6 Å². The number of aliphatic hydroxyl groups is 1. The van der Waals surface area contributed by atoms with E-state index in [1.54, 1.807) is 10.4 Å². The lowest BCUT2D eigenvalue weighted by molar-refractivity contribution is -0.156. The van der Waals surface area contributed by atoms with Gasteiger partial charge in [0.2, 0.25) is 5.91 Å². The van der Waals surface area contributed by atoms with Gasteiger partial charge in [-0.25, -0.2) is 9.00 Å². The van der Waals surface area contributed by atoms with Crippen molar-refractivity contribution in [3.63, 3.8) is 0 Å². The third kappa shape index (κ3) is 3.13. The molecule has 29 heavy (non-hydrogen) atoms. The first-order chi connectivity index (χ1) is 13.8. The molecule has 0 aromatic heterocycles. The van der Waals surface area contributed by atoms with E-state index in [4.69, 9.17) is 0 Å². The van der Waals surface area contributed by atoms with Gasteiger partial charge in [-0.15, -0.1) is 0 Å². The van der Waals surface area contributed by atoms with E-state index in [2.05, 4.69) is 0 Å². The predicted molar refractivity (Wildman–Crippen MR) is 111 cm³/mol. The Morgan fingerprint density at radius 3 is 2.55 bits per heavy atom. The highest BCUT2D eigenvalue weighted by Crippen LogP contribution is 2.51. The molecule has 4 unspecified atom stereocenters. The van der Waals surface area contributed by atoms with Crippen molar-refractivity contribution in [3.8, 4) is 0 Å². The van der Waals surface area contributed by atoms with Gasteiger partial charge in [0, 0.05) is 4.91 Å². The van der Waals surface area contributed by atoms with Crippen molar-refractivity contribution in [2.45, 2.75) is 30.2 Å². The summed E-state index contributed by atoms with van der Waals surface area (Å²) in [6.07, 6.45) is -0.859. The molecule has 3 heterocycles. The van der Waals surface area contributed by atoms with Gasteiger partial charge in [-0.05, 0) is 31.5 Å². The highest BCUT2D eigenvalue weighted by Gasteiger charge is 2.57. The molecule has 7 nitrogen and oxygen atoms in total. The zero-order chi connectivity index (χ0) is 20.9. The van der Waals surface area contributed by atoms with Crippen LogP contribution in [0.2, 0.25) is 0 Å². The smallest absolute Gasteiger partial charge is 0.353 e. The van der Waals surface area contributed by atoms with Crippen LogP contribution in [-0.4, -0.2) is 49.2 Å². The van der Waals surface area contributed by atoms with E-state index in [9.17, 15) is 24.0 Å². The summed E-state index contributed by atoms with van der Waals surface area (Å²) in [5, 5.41) is 19.2. The molecule has 3 aliphatic rings. The number of carboxylic acid groups (broad SMARTS) is 1. The fourth-order valence-corrected chi connectivity index (χ4v) is 6.87. The number of amides is 1. The summed E-state index contributed by atoms with van der Waals surface area (Å²) >= 11 is 1.25. The van der Waals surface area contributed by atoms with Crippen LogP contribution in [0.4, 0.5) is 5.69 Å². The summed E-state index contributed by atoms with van der Waals surface area (Å²) < 4.78 is 14.8. The zero-order valence-electron chi connectivity index (χ0n) is 15.8. The average Bonchev–Trinajstić information content (AvgIpc) is 3.07. The van der Waals surface area contributed by atoms with Crippen LogP contribution in [0, 0.1) is 12.8 Å². The number of rotatable bonds is 4. The maximum Gasteiger partial charge on any atom is 0.353 e. The maximum absolute atomic E-state index is 13.1. The third-order valence-corrected chi connectivity index (χ3v) is 8.12. The largest absolute Gasteiger partial charge is 0.477 e. The molecule has 0 spiro atoms. The number of anilines is 1. The first kappa shape index (κ1) is 19.9. The normalized spacial score (nSPS) is 25.5. The quantitative estimate of drug-likeness (QED) is 0.708. The van der Waals surface area contributed by atoms with Crippen molar-refractivity contribution < 1.29 is 24.0 Å². The molecule has 152 valence electrons. The number of aliphatic hydroxyl groups excluding tert-OH is 1. The second-order valence-electron chi connectivity index (χ2n) is 7.02. The van der Waals surface area contributed by atoms with Gasteiger partial charge >= 0.3 is 5.97 Å². The number of β-lactam (4-membered cyclic amide) rings is 1. The second kappa shape index (κ2) is 7.47. The number of fused-ring (bicyclic) bond motifs is 3. The van der Waals surface area contributed by atoms with E-state index in [-0.39, 0.29) is 18.1 Å². The topological polar surface area (TPSA) is 98.2 Å². The summed E-state index contributed by atoms with van der Waals surface area (Å²) in [7, 11) is -1.49. The highest BCUT2D eigenvalue weighted by atomic mass is 32.2. The molecule has 3 aliphatic heterocycles. The molecule has 0 radical (unpaired) electrons. The highest BCUT2D eigenvalue weighted by molar-refractivity contribution is 8.04. The predicted octanol–water partition coefficient (Wildman–Crippen LogP) is 2.17. The van der Waals surface area contributed by atoms with Crippen LogP contribution in [-0.2, 0) is 20.6 Å². The Bertz CT molecular complexity index is 1020. The van der Waals surface area contributed by atoms with Crippen LogP contribution in [0.1, 0.15) is 12.5 Å². The lowest BCUT2D eigenvalue weighted by Crippen LogP contribution is -2.60. The van der Waals surface area contributed by atoms with Gasteiger partial charge < -0.3 is 10.2 Å². The first-order valence-electron chi connectivity index (χ1n) is 9.09. The molecule has 4 rings (SSSR count). The summed E-state index contributed by atoms with van der Waals surface area (Å²) in [6, 6.07) is 12.9. The third-order valence-electron chi connectivity index (χ3n) is 5.22. The minimum absolute atomic E-state index is 0.0820. The zero-order valence-corrected chi connectivity index (χ0v) is 17.4. The van der Waals surface area contributed by atoms with Crippen LogP contribution in [0.5, 0.6) is 0 Å². The SMILES string of the molecule is Cc1c2cccccccc1S(=O)N2CC1=C(C(=O)O)N2C(=O)C(C(C)O)C2S1. The van der Waals surface area contributed by atoms with E-state index in [0.717, 1.165) is 11.3 Å². The van der Waals surface area contributed by atoms with Gasteiger partial charge in [-0.3, -0.25) is 14.0 Å². The minimum Gasteiger partial charge on any atom is -0.477 e. The fraction of sp³-hybridized carbons (Fsp3) is 0.300. The van der Waals surface area contributed by atoms with E-state index in [0.29, 0.717) is 9.80 Å². The molecule has 2 bridgehead atoms. The van der Waals surface area contributed by atoms with Crippen molar-refractivity contribution in [1.82, 2.24) is 4.90 Å². The Morgan fingerprint density at radius 2 is 1.90 bits per heavy atom. The number of hydrogen-bond acceptors (Lipinski definition) is 5. The molecule has 1 fully saturated rings. The Balaban J connectivity index is 1.72. The molecular weight excluding hydrogens is 412 g/mol. The Hall–Kier alpha value is -2.36. The minimum atomic E-state index is -1.49. The standard InChI is InChI=1S/C20H20N2O5S2/c1-11-13-8-6-4-3-5-7-9-15(11)29(27)21(13)10-14-17(20(25)26)22-18(24)16(12(2)23)19(22)28-14/h3-9,12,16,19,23H,10H2,1-2H3,(H,25,26). The number of hydrogen-bond donors (Lipinski definition) is 2. The van der Waals surface area contributed by atoms with Crippen molar-refractivity contribution in [2.75, 3.05) is 10.8 Å². The molecule has 1 amide bonds. The van der Waals surface area contributed by atoms with Crippen molar-refractivity contribution in [2.24, 2.45) is 5.92 Å². The van der Waals surface area contributed by atoms with E-state index < -0.39 is 34.4 Å². The molecule has 4 atom stereocenters. The number of carboxylic acids is 1.